The number of hydrogen-bond donors (Lipinski definition) is 3. The van der Waals surface area contributed by atoms with Crippen molar-refractivity contribution in [1.29, 1.82) is 0 Å². The average Bonchev–Trinajstić information content (AvgIpc) is 2.85. The van der Waals surface area contributed by atoms with Crippen molar-refractivity contribution in [2.45, 2.75) is 97.0 Å². The molecule has 0 aliphatic heterocycles. The van der Waals surface area contributed by atoms with Gasteiger partial charge in [0.1, 0.15) is 18.5 Å². The molecule has 1 unspecified atom stereocenters. The first-order chi connectivity index (χ1) is 18.2. The average molecular weight is 581 g/mol. The highest BCUT2D eigenvalue weighted by Crippen LogP contribution is 2.25. The van der Waals surface area contributed by atoms with Crippen LogP contribution < -0.4 is 0 Å². The molecule has 0 spiro atoms. The van der Waals surface area contributed by atoms with Gasteiger partial charge in [0, 0.05) is 6.42 Å². The van der Waals surface area contributed by atoms with Crippen LogP contribution in [0.1, 0.15) is 90.9 Å². The maximum Gasteiger partial charge on any atom is 0.466 e. The van der Waals surface area contributed by atoms with Gasteiger partial charge in [-0.15, -0.1) is 0 Å². The van der Waals surface area contributed by atoms with Crippen molar-refractivity contribution >= 4 is 7.82 Å². The minimum absolute atomic E-state index is 0.122. The standard InChI is InChI=1S/C23H46O10.H3O4P/c1-5-6-7-8-9-10-11-12-13-14-15-17-26-27-20-19-25-21-23(3)30-33-32-28-18-16-22(2)29-31-24-4;1-5(2,3)4/h23H,2,5-21H2,1,3-4H3;(H3,1,2,3,4). The van der Waals surface area contributed by atoms with E-state index in [-0.39, 0.29) is 12.7 Å². The van der Waals surface area contributed by atoms with Crippen LogP contribution in [0.25, 0.3) is 0 Å². The van der Waals surface area contributed by atoms with E-state index in [9.17, 15) is 0 Å². The molecule has 0 aliphatic rings. The minimum atomic E-state index is -4.64. The SMILES string of the molecule is C=C(CCOOOOC(C)COCCOOCCCCCCCCCCCCC)OOOC.O=P(O)(O)O. The highest BCUT2D eigenvalue weighted by Gasteiger charge is 2.05. The second-order valence-corrected chi connectivity index (χ2v) is 9.27. The first kappa shape index (κ1) is 39.4. The van der Waals surface area contributed by atoms with Gasteiger partial charge in [0.25, 0.3) is 0 Å². The Balaban J connectivity index is 0. The van der Waals surface area contributed by atoms with E-state index in [0.717, 1.165) is 6.42 Å². The van der Waals surface area contributed by atoms with Gasteiger partial charge in [-0.1, -0.05) is 77.7 Å². The summed E-state index contributed by atoms with van der Waals surface area (Å²) < 4.78 is 14.3. The molecule has 3 N–H and O–H groups in total. The quantitative estimate of drug-likeness (QED) is 0.0373. The summed E-state index contributed by atoms with van der Waals surface area (Å²) >= 11 is 0. The van der Waals surface area contributed by atoms with E-state index < -0.39 is 7.82 Å². The molecule has 15 heteroatoms. The number of hydrogen-bond acceptors (Lipinski definition) is 11. The maximum atomic E-state index is 8.88. The first-order valence-corrected chi connectivity index (χ1v) is 14.5. The van der Waals surface area contributed by atoms with Gasteiger partial charge in [-0.25, -0.2) is 19.2 Å². The second-order valence-electron chi connectivity index (χ2n) is 8.24. The van der Waals surface area contributed by atoms with Gasteiger partial charge in [0.05, 0.1) is 33.5 Å². The van der Waals surface area contributed by atoms with Crippen LogP contribution in [0.2, 0.25) is 0 Å². The van der Waals surface area contributed by atoms with Crippen LogP contribution in [0.4, 0.5) is 0 Å². The molecule has 230 valence electrons. The Bertz CT molecular complexity index is 526. The fourth-order valence-electron chi connectivity index (χ4n) is 2.73. The van der Waals surface area contributed by atoms with Gasteiger partial charge >= 0.3 is 7.82 Å². The molecule has 0 aliphatic carbocycles. The zero-order valence-corrected chi connectivity index (χ0v) is 24.0. The molecule has 0 saturated carbocycles. The lowest BCUT2D eigenvalue weighted by Gasteiger charge is -2.11. The molecule has 0 heterocycles. The van der Waals surface area contributed by atoms with Gasteiger partial charge in [0.2, 0.25) is 0 Å². The number of phosphoric acid groups is 1. The third kappa shape index (κ3) is 42.4. The molecule has 0 bridgehead atoms. The van der Waals surface area contributed by atoms with Gasteiger partial charge in [-0.05, 0) is 28.5 Å². The molecule has 38 heavy (non-hydrogen) atoms. The summed E-state index contributed by atoms with van der Waals surface area (Å²) in [6.07, 6.45) is 14.3. The highest BCUT2D eigenvalue weighted by molar-refractivity contribution is 7.45. The van der Waals surface area contributed by atoms with Crippen LogP contribution in [0.15, 0.2) is 12.3 Å². The predicted octanol–water partition coefficient (Wildman–Crippen LogP) is 4.95. The Labute approximate surface area is 226 Å². The van der Waals surface area contributed by atoms with Gasteiger partial charge in [0.15, 0.2) is 0 Å². The molecular weight excluding hydrogens is 531 g/mol. The summed E-state index contributed by atoms with van der Waals surface area (Å²) in [5.74, 6) is 0.299. The topological polar surface area (TPSA) is 170 Å². The monoisotopic (exact) mass is 580 g/mol. The van der Waals surface area contributed by atoms with Gasteiger partial charge < -0.3 is 24.3 Å². The molecule has 0 aromatic heterocycles. The smallest absolute Gasteiger partial charge is 0.376 e. The summed E-state index contributed by atoms with van der Waals surface area (Å²) in [6, 6.07) is 0. The van der Waals surface area contributed by atoms with E-state index in [2.05, 4.69) is 38.4 Å². The zero-order valence-electron chi connectivity index (χ0n) is 23.1. The maximum absolute atomic E-state index is 8.88. The van der Waals surface area contributed by atoms with Crippen LogP contribution >= 0.6 is 7.82 Å². The number of rotatable bonds is 28. The molecule has 0 aromatic carbocycles. The summed E-state index contributed by atoms with van der Waals surface area (Å²) in [7, 11) is -3.33. The molecular formula is C23H49O14P. The van der Waals surface area contributed by atoms with Crippen LogP contribution in [0, 0.1) is 0 Å². The van der Waals surface area contributed by atoms with Gasteiger partial charge in [-0.3, -0.25) is 0 Å². The second kappa shape index (κ2) is 30.8. The normalized spacial score (nSPS) is 12.2. The van der Waals surface area contributed by atoms with Crippen LogP contribution in [0.3, 0.4) is 0 Å². The first-order valence-electron chi connectivity index (χ1n) is 13.0. The highest BCUT2D eigenvalue weighted by atomic mass is 31.2. The lowest BCUT2D eigenvalue weighted by Crippen LogP contribution is -2.18. The molecule has 0 aromatic rings. The Kier molecular flexibility index (Phi) is 32.0. The summed E-state index contributed by atoms with van der Waals surface area (Å²) in [5.41, 5.74) is 0. The minimum Gasteiger partial charge on any atom is -0.376 e. The Hall–Kier alpha value is -0.710. The summed E-state index contributed by atoms with van der Waals surface area (Å²) in [6.45, 7) is 9.34. The lowest BCUT2D eigenvalue weighted by atomic mass is 10.1. The summed E-state index contributed by atoms with van der Waals surface area (Å²) in [5, 5.41) is 13.1. The van der Waals surface area contributed by atoms with Crippen molar-refractivity contribution < 1.29 is 68.4 Å². The molecule has 0 radical (unpaired) electrons. The Morgan fingerprint density at radius 2 is 1.32 bits per heavy atom. The van der Waals surface area contributed by atoms with E-state index in [1.165, 1.54) is 71.3 Å². The van der Waals surface area contributed by atoms with Crippen molar-refractivity contribution in [3.8, 4) is 0 Å². The van der Waals surface area contributed by atoms with E-state index in [1.54, 1.807) is 6.92 Å². The fraction of sp³-hybridized carbons (Fsp3) is 0.913. The lowest BCUT2D eigenvalue weighted by molar-refractivity contribution is -0.641. The third-order valence-corrected chi connectivity index (χ3v) is 4.54. The summed E-state index contributed by atoms with van der Waals surface area (Å²) in [4.78, 5) is 50.3. The van der Waals surface area contributed by atoms with Crippen molar-refractivity contribution in [2.24, 2.45) is 0 Å². The van der Waals surface area contributed by atoms with Crippen molar-refractivity contribution in [2.75, 3.05) is 40.1 Å². The van der Waals surface area contributed by atoms with E-state index in [0.29, 0.717) is 38.6 Å². The van der Waals surface area contributed by atoms with E-state index >= 15 is 0 Å². The largest absolute Gasteiger partial charge is 0.466 e. The Morgan fingerprint density at radius 3 is 1.89 bits per heavy atom. The number of unbranched alkanes of at least 4 members (excludes halogenated alkanes) is 10. The van der Waals surface area contributed by atoms with Crippen molar-refractivity contribution in [1.82, 2.24) is 0 Å². The van der Waals surface area contributed by atoms with Crippen LogP contribution in [0.5, 0.6) is 0 Å². The van der Waals surface area contributed by atoms with E-state index in [4.69, 9.17) is 43.5 Å². The van der Waals surface area contributed by atoms with Crippen LogP contribution in [-0.2, 0) is 53.7 Å². The molecule has 0 fully saturated rings. The predicted molar refractivity (Wildman–Crippen MR) is 135 cm³/mol. The zero-order chi connectivity index (χ0) is 28.7. The molecule has 0 rings (SSSR count). The molecule has 1 atom stereocenters. The van der Waals surface area contributed by atoms with Crippen molar-refractivity contribution in [3.63, 3.8) is 0 Å². The fourth-order valence-corrected chi connectivity index (χ4v) is 2.73. The van der Waals surface area contributed by atoms with E-state index in [1.807, 2.05) is 0 Å². The van der Waals surface area contributed by atoms with Crippen LogP contribution in [-0.4, -0.2) is 60.9 Å². The molecule has 0 amide bonds. The Morgan fingerprint density at radius 1 is 0.763 bits per heavy atom. The number of ether oxygens (including phenoxy) is 1. The molecule has 0 saturated heterocycles. The van der Waals surface area contributed by atoms with Gasteiger partial charge in [-0.2, -0.15) is 9.78 Å². The third-order valence-electron chi connectivity index (χ3n) is 4.54. The molecule has 14 nitrogen and oxygen atoms in total. The van der Waals surface area contributed by atoms with Crippen molar-refractivity contribution in [3.05, 3.63) is 12.3 Å².